The third-order valence-electron chi connectivity index (χ3n) is 2.73. The van der Waals surface area contributed by atoms with Crippen LogP contribution >= 0.6 is 0 Å². The average molecular weight is 222 g/mol. The number of hydrogen-bond donors (Lipinski definition) is 1. The first-order chi connectivity index (χ1) is 7.61. The third-order valence-corrected chi connectivity index (χ3v) is 2.73. The van der Waals surface area contributed by atoms with Gasteiger partial charge in [-0.25, -0.2) is 8.78 Å². The predicted molar refractivity (Wildman–Crippen MR) is 59.6 cm³/mol. The molecule has 0 saturated carbocycles. The van der Waals surface area contributed by atoms with E-state index in [0.717, 1.165) is 10.9 Å². The van der Waals surface area contributed by atoms with E-state index >= 15 is 0 Å². The highest BCUT2D eigenvalue weighted by molar-refractivity contribution is 5.88. The van der Waals surface area contributed by atoms with Crippen molar-refractivity contribution in [3.63, 3.8) is 0 Å². The molecule has 2 aromatic rings. The number of rotatable bonds is 2. The Morgan fingerprint density at radius 1 is 1.00 bits per heavy atom. The molecule has 0 radical (unpaired) electrons. The highest BCUT2D eigenvalue weighted by Crippen LogP contribution is 2.29. The van der Waals surface area contributed by atoms with E-state index < -0.39 is 12.5 Å². The zero-order valence-electron chi connectivity index (χ0n) is 8.82. The first kappa shape index (κ1) is 11.0. The number of aryl methyl sites for hydroxylation is 1. The van der Waals surface area contributed by atoms with E-state index in [2.05, 4.69) is 0 Å². The molecule has 1 unspecified atom stereocenters. The summed E-state index contributed by atoms with van der Waals surface area (Å²) in [6, 6.07) is 10.6. The monoisotopic (exact) mass is 222 g/mol. The Labute approximate surface area is 92.3 Å². The normalized spacial score (nSPS) is 13.3. The summed E-state index contributed by atoms with van der Waals surface area (Å²) in [6.07, 6.45) is -4.48. The molecular formula is C13H12F2O. The summed E-state index contributed by atoms with van der Waals surface area (Å²) < 4.78 is 25.0. The maximum atomic E-state index is 12.5. The Hall–Kier alpha value is -1.48. The van der Waals surface area contributed by atoms with E-state index in [0.29, 0.717) is 5.39 Å². The van der Waals surface area contributed by atoms with Crippen molar-refractivity contribution in [2.24, 2.45) is 0 Å². The Balaban J connectivity index is 2.67. The van der Waals surface area contributed by atoms with Gasteiger partial charge in [-0.3, -0.25) is 0 Å². The quantitative estimate of drug-likeness (QED) is 0.825. The smallest absolute Gasteiger partial charge is 0.268 e. The van der Waals surface area contributed by atoms with Gasteiger partial charge in [-0.2, -0.15) is 0 Å². The van der Waals surface area contributed by atoms with Crippen molar-refractivity contribution in [2.45, 2.75) is 19.5 Å². The standard InChI is InChI=1S/C13H12F2O/c1-8-6-7-11(12(16)13(14)15)10-5-3-2-4-9(8)10/h2-7,12-13,16H,1H3. The minimum absolute atomic E-state index is 0.288. The molecule has 1 N–H and O–H groups in total. The van der Waals surface area contributed by atoms with Crippen molar-refractivity contribution in [1.29, 1.82) is 0 Å². The van der Waals surface area contributed by atoms with Gasteiger partial charge in [-0.1, -0.05) is 36.4 Å². The molecule has 0 spiro atoms. The van der Waals surface area contributed by atoms with Crippen LogP contribution in [0, 0.1) is 6.92 Å². The molecule has 1 atom stereocenters. The van der Waals surface area contributed by atoms with Gasteiger partial charge in [0.05, 0.1) is 0 Å². The molecule has 0 aliphatic rings. The highest BCUT2D eigenvalue weighted by Gasteiger charge is 2.21. The number of alkyl halides is 2. The van der Waals surface area contributed by atoms with Gasteiger partial charge in [0.25, 0.3) is 6.43 Å². The molecule has 2 aromatic carbocycles. The SMILES string of the molecule is Cc1ccc(C(O)C(F)F)c2ccccc12. The lowest BCUT2D eigenvalue weighted by atomic mass is 9.97. The molecule has 0 saturated heterocycles. The lowest BCUT2D eigenvalue weighted by molar-refractivity contribution is -0.00494. The summed E-state index contributed by atoms with van der Waals surface area (Å²) in [5.41, 5.74) is 1.30. The van der Waals surface area contributed by atoms with E-state index in [4.69, 9.17) is 0 Å². The van der Waals surface area contributed by atoms with Gasteiger partial charge in [0.2, 0.25) is 0 Å². The van der Waals surface area contributed by atoms with Crippen LogP contribution in [0.5, 0.6) is 0 Å². The van der Waals surface area contributed by atoms with Crippen molar-refractivity contribution >= 4 is 10.8 Å². The molecule has 0 aliphatic carbocycles. The molecule has 0 heterocycles. The molecule has 0 bridgehead atoms. The highest BCUT2D eigenvalue weighted by atomic mass is 19.3. The van der Waals surface area contributed by atoms with Gasteiger partial charge < -0.3 is 5.11 Å². The maximum absolute atomic E-state index is 12.5. The zero-order valence-corrected chi connectivity index (χ0v) is 8.82. The van der Waals surface area contributed by atoms with Crippen LogP contribution in [-0.4, -0.2) is 11.5 Å². The van der Waals surface area contributed by atoms with Crippen molar-refractivity contribution in [1.82, 2.24) is 0 Å². The van der Waals surface area contributed by atoms with E-state index in [1.54, 1.807) is 24.3 Å². The minimum Gasteiger partial charge on any atom is -0.382 e. The summed E-state index contributed by atoms with van der Waals surface area (Å²) in [7, 11) is 0. The van der Waals surface area contributed by atoms with Gasteiger partial charge in [0.15, 0.2) is 0 Å². The molecule has 0 fully saturated rings. The Morgan fingerprint density at radius 2 is 1.62 bits per heavy atom. The number of hydrogen-bond acceptors (Lipinski definition) is 1. The van der Waals surface area contributed by atoms with Crippen molar-refractivity contribution in [2.75, 3.05) is 0 Å². The number of benzene rings is 2. The number of aliphatic hydroxyl groups is 1. The molecule has 0 amide bonds. The van der Waals surface area contributed by atoms with Crippen LogP contribution < -0.4 is 0 Å². The van der Waals surface area contributed by atoms with Crippen molar-refractivity contribution in [3.05, 3.63) is 47.5 Å². The van der Waals surface area contributed by atoms with Crippen LogP contribution in [0.1, 0.15) is 17.2 Å². The molecule has 16 heavy (non-hydrogen) atoms. The Bertz CT molecular complexity index is 508. The molecule has 1 nitrogen and oxygen atoms in total. The van der Waals surface area contributed by atoms with E-state index in [1.807, 2.05) is 19.1 Å². The van der Waals surface area contributed by atoms with Crippen molar-refractivity contribution in [3.8, 4) is 0 Å². The summed E-state index contributed by atoms with van der Waals surface area (Å²) >= 11 is 0. The Morgan fingerprint density at radius 3 is 2.25 bits per heavy atom. The summed E-state index contributed by atoms with van der Waals surface area (Å²) in [5.74, 6) is 0. The van der Waals surface area contributed by atoms with Crippen LogP contribution in [0.2, 0.25) is 0 Å². The number of fused-ring (bicyclic) bond motifs is 1. The van der Waals surface area contributed by atoms with Gasteiger partial charge in [-0.15, -0.1) is 0 Å². The fourth-order valence-electron chi connectivity index (χ4n) is 1.87. The predicted octanol–water partition coefficient (Wildman–Crippen LogP) is 3.45. The summed E-state index contributed by atoms with van der Waals surface area (Å²) in [6.45, 7) is 1.92. The van der Waals surface area contributed by atoms with Gasteiger partial charge >= 0.3 is 0 Å². The van der Waals surface area contributed by atoms with E-state index in [-0.39, 0.29) is 5.56 Å². The minimum atomic E-state index is -2.76. The summed E-state index contributed by atoms with van der Waals surface area (Å²) in [4.78, 5) is 0. The molecule has 0 aromatic heterocycles. The second-order valence-corrected chi connectivity index (χ2v) is 3.80. The second kappa shape index (κ2) is 4.18. The van der Waals surface area contributed by atoms with E-state index in [9.17, 15) is 13.9 Å². The summed E-state index contributed by atoms with van der Waals surface area (Å²) in [5, 5.41) is 11.0. The molecule has 0 aliphatic heterocycles. The number of aliphatic hydroxyl groups excluding tert-OH is 1. The van der Waals surface area contributed by atoms with Crippen LogP contribution in [0.4, 0.5) is 8.78 Å². The van der Waals surface area contributed by atoms with Crippen LogP contribution in [0.15, 0.2) is 36.4 Å². The average Bonchev–Trinajstić information content (AvgIpc) is 2.29. The maximum Gasteiger partial charge on any atom is 0.268 e. The molecule has 84 valence electrons. The lowest BCUT2D eigenvalue weighted by Gasteiger charge is -2.14. The fraction of sp³-hybridized carbons (Fsp3) is 0.231. The van der Waals surface area contributed by atoms with Crippen molar-refractivity contribution < 1.29 is 13.9 Å². The first-order valence-corrected chi connectivity index (χ1v) is 5.05. The van der Waals surface area contributed by atoms with Crippen LogP contribution in [0.25, 0.3) is 10.8 Å². The zero-order chi connectivity index (χ0) is 11.7. The van der Waals surface area contributed by atoms with E-state index in [1.165, 1.54) is 0 Å². The second-order valence-electron chi connectivity index (χ2n) is 3.80. The fourth-order valence-corrected chi connectivity index (χ4v) is 1.87. The van der Waals surface area contributed by atoms with Crippen LogP contribution in [-0.2, 0) is 0 Å². The largest absolute Gasteiger partial charge is 0.382 e. The molecular weight excluding hydrogens is 210 g/mol. The van der Waals surface area contributed by atoms with Gasteiger partial charge in [0.1, 0.15) is 6.10 Å². The lowest BCUT2D eigenvalue weighted by Crippen LogP contribution is -2.08. The van der Waals surface area contributed by atoms with Gasteiger partial charge in [-0.05, 0) is 28.8 Å². The van der Waals surface area contributed by atoms with Gasteiger partial charge in [0, 0.05) is 0 Å². The third kappa shape index (κ3) is 1.78. The van der Waals surface area contributed by atoms with Crippen LogP contribution in [0.3, 0.4) is 0 Å². The molecule has 3 heteroatoms. The topological polar surface area (TPSA) is 20.2 Å². The first-order valence-electron chi connectivity index (χ1n) is 5.05. The number of halogens is 2. The molecule has 2 rings (SSSR count). The Kier molecular flexibility index (Phi) is 2.88.